The number of hydrogen-bond donors (Lipinski definition) is 1. The molecule has 0 amide bonds. The summed E-state index contributed by atoms with van der Waals surface area (Å²) in [6.45, 7) is 3.66. The molecule has 1 saturated heterocycles. The van der Waals surface area contributed by atoms with E-state index in [1.54, 1.807) is 6.07 Å². The molecule has 0 atom stereocenters. The van der Waals surface area contributed by atoms with E-state index in [4.69, 9.17) is 11.6 Å². The van der Waals surface area contributed by atoms with E-state index in [2.05, 4.69) is 37.3 Å². The molecule has 1 fully saturated rings. The number of halogens is 2. The summed E-state index contributed by atoms with van der Waals surface area (Å²) in [5.41, 5.74) is 0.649. The quantitative estimate of drug-likeness (QED) is 0.934. The second-order valence-corrected chi connectivity index (χ2v) is 5.59. The Hall–Kier alpha value is -1.99. The van der Waals surface area contributed by atoms with Crippen LogP contribution in [0.4, 0.5) is 21.8 Å². The molecule has 1 aliphatic heterocycles. The molecular weight excluding hydrogens is 307 g/mol. The lowest BCUT2D eigenvalue weighted by atomic mass is 10.3. The van der Waals surface area contributed by atoms with E-state index in [1.165, 1.54) is 18.3 Å². The fraction of sp³-hybridized carbons (Fsp3) is 0.357. The maximum atomic E-state index is 13.2. The van der Waals surface area contributed by atoms with Gasteiger partial charge in [-0.05, 0) is 25.2 Å². The van der Waals surface area contributed by atoms with E-state index < -0.39 is 5.82 Å². The van der Waals surface area contributed by atoms with Crippen LogP contribution in [0.3, 0.4) is 0 Å². The SMILES string of the molecule is CN1CCN(c2nncc(Nc3ccc(F)c(Cl)c3)n2)CC1. The Kier molecular flexibility index (Phi) is 4.35. The molecular formula is C14H16ClFN6. The third-order valence-electron chi connectivity index (χ3n) is 3.53. The molecule has 6 nitrogen and oxygen atoms in total. The standard InChI is InChI=1S/C14H16ClFN6/c1-21-4-6-22(7-5-21)14-19-13(9-17-20-14)18-10-2-3-12(16)11(15)8-10/h2-3,8-9H,4-7H2,1H3,(H,18,19,20). The number of rotatable bonds is 3. The zero-order chi connectivity index (χ0) is 15.5. The third kappa shape index (κ3) is 3.42. The molecule has 2 aromatic rings. The zero-order valence-electron chi connectivity index (χ0n) is 12.1. The molecule has 3 rings (SSSR count). The molecule has 0 bridgehead atoms. The first-order valence-electron chi connectivity index (χ1n) is 6.97. The van der Waals surface area contributed by atoms with Crippen LogP contribution in [0, 0.1) is 5.82 Å². The highest BCUT2D eigenvalue weighted by molar-refractivity contribution is 6.31. The predicted molar refractivity (Wildman–Crippen MR) is 84.2 cm³/mol. The largest absolute Gasteiger partial charge is 0.339 e. The molecule has 116 valence electrons. The van der Waals surface area contributed by atoms with E-state index in [0.717, 1.165) is 26.2 Å². The van der Waals surface area contributed by atoms with Gasteiger partial charge in [0.1, 0.15) is 5.82 Å². The number of aromatic nitrogens is 3. The van der Waals surface area contributed by atoms with Gasteiger partial charge in [0.2, 0.25) is 5.95 Å². The lowest BCUT2D eigenvalue weighted by Crippen LogP contribution is -2.45. The molecule has 0 unspecified atom stereocenters. The van der Waals surface area contributed by atoms with Crippen molar-refractivity contribution in [3.8, 4) is 0 Å². The molecule has 0 radical (unpaired) electrons. The number of hydrogen-bond acceptors (Lipinski definition) is 6. The van der Waals surface area contributed by atoms with Gasteiger partial charge in [0.15, 0.2) is 5.82 Å². The fourth-order valence-electron chi connectivity index (χ4n) is 2.22. The van der Waals surface area contributed by atoms with Gasteiger partial charge in [-0.3, -0.25) is 0 Å². The van der Waals surface area contributed by atoms with Gasteiger partial charge >= 0.3 is 0 Å². The molecule has 0 saturated carbocycles. The monoisotopic (exact) mass is 322 g/mol. The topological polar surface area (TPSA) is 57.2 Å². The van der Waals surface area contributed by atoms with Gasteiger partial charge in [-0.25, -0.2) is 4.39 Å². The normalized spacial score (nSPS) is 15.9. The molecule has 1 aromatic heterocycles. The Morgan fingerprint density at radius 2 is 2.00 bits per heavy atom. The van der Waals surface area contributed by atoms with Gasteiger partial charge in [0, 0.05) is 31.9 Å². The van der Waals surface area contributed by atoms with Crippen molar-refractivity contribution in [2.45, 2.75) is 0 Å². The minimum Gasteiger partial charge on any atom is -0.339 e. The van der Waals surface area contributed by atoms with Crippen LogP contribution in [-0.2, 0) is 0 Å². The van der Waals surface area contributed by atoms with Crippen LogP contribution < -0.4 is 10.2 Å². The number of likely N-dealkylation sites (N-methyl/N-ethyl adjacent to an activating group) is 1. The Morgan fingerprint density at radius 3 is 2.73 bits per heavy atom. The highest BCUT2D eigenvalue weighted by Gasteiger charge is 2.17. The van der Waals surface area contributed by atoms with E-state index in [-0.39, 0.29) is 5.02 Å². The molecule has 1 aromatic carbocycles. The summed E-state index contributed by atoms with van der Waals surface area (Å²) in [6.07, 6.45) is 1.52. The van der Waals surface area contributed by atoms with Crippen LogP contribution in [0.5, 0.6) is 0 Å². The Balaban J connectivity index is 1.74. The van der Waals surface area contributed by atoms with Crippen LogP contribution in [-0.4, -0.2) is 53.3 Å². The number of nitrogens with one attached hydrogen (secondary N) is 1. The van der Waals surface area contributed by atoms with Crippen molar-refractivity contribution in [1.82, 2.24) is 20.1 Å². The molecule has 1 aliphatic rings. The van der Waals surface area contributed by atoms with E-state index >= 15 is 0 Å². The highest BCUT2D eigenvalue weighted by atomic mass is 35.5. The Labute approximate surface area is 132 Å². The summed E-state index contributed by atoms with van der Waals surface area (Å²) in [4.78, 5) is 8.80. The number of nitrogens with zero attached hydrogens (tertiary/aromatic N) is 5. The van der Waals surface area contributed by atoms with Crippen molar-refractivity contribution in [2.75, 3.05) is 43.4 Å². The average molecular weight is 323 g/mol. The van der Waals surface area contributed by atoms with Gasteiger partial charge in [-0.2, -0.15) is 10.1 Å². The van der Waals surface area contributed by atoms with Crippen LogP contribution in [0.2, 0.25) is 5.02 Å². The van der Waals surface area contributed by atoms with Gasteiger partial charge in [-0.1, -0.05) is 11.6 Å². The van der Waals surface area contributed by atoms with Crippen LogP contribution >= 0.6 is 11.6 Å². The van der Waals surface area contributed by atoms with Crippen molar-refractivity contribution < 1.29 is 4.39 Å². The first-order valence-corrected chi connectivity index (χ1v) is 7.35. The minimum atomic E-state index is -0.453. The van der Waals surface area contributed by atoms with Gasteiger partial charge in [0.05, 0.1) is 11.2 Å². The molecule has 0 aliphatic carbocycles. The number of piperazine rings is 1. The third-order valence-corrected chi connectivity index (χ3v) is 3.82. The summed E-state index contributed by atoms with van der Waals surface area (Å²) in [5, 5.41) is 11.2. The first-order chi connectivity index (χ1) is 10.6. The number of anilines is 3. The van der Waals surface area contributed by atoms with E-state index in [0.29, 0.717) is 17.5 Å². The summed E-state index contributed by atoms with van der Waals surface area (Å²) < 4.78 is 13.2. The molecule has 2 heterocycles. The van der Waals surface area contributed by atoms with Crippen LogP contribution in [0.25, 0.3) is 0 Å². The summed E-state index contributed by atoms with van der Waals surface area (Å²) >= 11 is 5.77. The molecule has 1 N–H and O–H groups in total. The maximum absolute atomic E-state index is 13.2. The summed E-state index contributed by atoms with van der Waals surface area (Å²) in [6, 6.07) is 4.41. The minimum absolute atomic E-state index is 0.0614. The smallest absolute Gasteiger partial charge is 0.247 e. The molecule has 22 heavy (non-hydrogen) atoms. The second kappa shape index (κ2) is 6.41. The Morgan fingerprint density at radius 1 is 1.23 bits per heavy atom. The van der Waals surface area contributed by atoms with Crippen molar-refractivity contribution in [3.05, 3.63) is 35.2 Å². The van der Waals surface area contributed by atoms with Crippen molar-refractivity contribution in [2.24, 2.45) is 0 Å². The molecule has 8 heteroatoms. The highest BCUT2D eigenvalue weighted by Crippen LogP contribution is 2.22. The van der Waals surface area contributed by atoms with Crippen molar-refractivity contribution in [3.63, 3.8) is 0 Å². The molecule has 0 spiro atoms. The lowest BCUT2D eigenvalue weighted by Gasteiger charge is -2.32. The summed E-state index contributed by atoms with van der Waals surface area (Å²) in [5.74, 6) is 0.684. The van der Waals surface area contributed by atoms with Gasteiger partial charge in [0.25, 0.3) is 0 Å². The predicted octanol–water partition coefficient (Wildman–Crippen LogP) is 2.16. The van der Waals surface area contributed by atoms with Gasteiger partial charge < -0.3 is 15.1 Å². The van der Waals surface area contributed by atoms with Crippen molar-refractivity contribution >= 4 is 29.1 Å². The summed E-state index contributed by atoms with van der Waals surface area (Å²) in [7, 11) is 2.09. The van der Waals surface area contributed by atoms with Crippen LogP contribution in [0.1, 0.15) is 0 Å². The van der Waals surface area contributed by atoms with Crippen molar-refractivity contribution in [1.29, 1.82) is 0 Å². The average Bonchev–Trinajstić information content (AvgIpc) is 2.52. The van der Waals surface area contributed by atoms with Gasteiger partial charge in [-0.15, -0.1) is 5.10 Å². The first kappa shape index (κ1) is 14.9. The van der Waals surface area contributed by atoms with Crippen LogP contribution in [0.15, 0.2) is 24.4 Å². The van der Waals surface area contributed by atoms with E-state index in [1.807, 2.05) is 0 Å². The zero-order valence-corrected chi connectivity index (χ0v) is 12.9. The second-order valence-electron chi connectivity index (χ2n) is 5.19. The number of benzene rings is 1. The Bertz CT molecular complexity index is 660. The fourth-order valence-corrected chi connectivity index (χ4v) is 2.40. The lowest BCUT2D eigenvalue weighted by molar-refractivity contribution is 0.311. The van der Waals surface area contributed by atoms with E-state index in [9.17, 15) is 4.39 Å². The maximum Gasteiger partial charge on any atom is 0.247 e.